The van der Waals surface area contributed by atoms with E-state index >= 15 is 0 Å². The summed E-state index contributed by atoms with van der Waals surface area (Å²) in [6, 6.07) is 14.9. The average molecular weight is 509 g/mol. The van der Waals surface area contributed by atoms with Gasteiger partial charge in [-0.3, -0.25) is 9.69 Å². The first-order valence-corrected chi connectivity index (χ1v) is 13.0. The maximum absolute atomic E-state index is 13.4. The Morgan fingerprint density at radius 2 is 1.72 bits per heavy atom. The van der Waals surface area contributed by atoms with E-state index in [1.807, 2.05) is 18.2 Å². The van der Waals surface area contributed by atoms with Gasteiger partial charge in [-0.1, -0.05) is 18.2 Å². The van der Waals surface area contributed by atoms with Gasteiger partial charge in [-0.25, -0.2) is 9.59 Å². The zero-order valence-electron chi connectivity index (χ0n) is 20.1. The van der Waals surface area contributed by atoms with Gasteiger partial charge in [0.25, 0.3) is 5.91 Å². The number of nitrogens with zero attached hydrogens (tertiary/aromatic N) is 2. The lowest BCUT2D eigenvalue weighted by atomic mass is 9.96. The van der Waals surface area contributed by atoms with E-state index < -0.39 is 17.8 Å². The Hall–Kier alpha value is -3.30. The standard InChI is InChI=1S/C27H28N2O6S/c1-33-20-5-4-6-21(17-20)36-16-15-28-13-11-19(12-14-28)18-29-26(32)22-7-2-3-8-23(22)27(29)34-24(30)9-10-25(31)35-27/h2-10,17,19H,11-16,18H2,1H3. The van der Waals surface area contributed by atoms with Crippen LogP contribution in [0, 0.1) is 5.92 Å². The molecule has 5 rings (SSSR count). The highest BCUT2D eigenvalue weighted by atomic mass is 32.2. The number of fused-ring (bicyclic) bond motifs is 2. The molecule has 3 aliphatic rings. The van der Waals surface area contributed by atoms with Gasteiger partial charge in [0.1, 0.15) is 5.75 Å². The number of hydrogen-bond donors (Lipinski definition) is 0. The minimum atomic E-state index is -1.87. The third kappa shape index (κ3) is 4.85. The molecule has 2 aromatic rings. The van der Waals surface area contributed by atoms with Gasteiger partial charge in [0.15, 0.2) is 0 Å². The number of carbonyl (C=O) groups is 3. The van der Waals surface area contributed by atoms with Gasteiger partial charge in [-0.05, 0) is 62.2 Å². The summed E-state index contributed by atoms with van der Waals surface area (Å²) in [6.45, 7) is 3.12. The number of esters is 2. The van der Waals surface area contributed by atoms with Crippen molar-refractivity contribution < 1.29 is 28.6 Å². The molecule has 1 saturated heterocycles. The maximum atomic E-state index is 13.4. The third-order valence-electron chi connectivity index (χ3n) is 6.80. The van der Waals surface area contributed by atoms with Crippen molar-refractivity contribution in [3.63, 3.8) is 0 Å². The summed E-state index contributed by atoms with van der Waals surface area (Å²) < 4.78 is 16.6. The second kappa shape index (κ2) is 10.4. The molecule has 0 radical (unpaired) electrons. The molecule has 0 N–H and O–H groups in total. The minimum Gasteiger partial charge on any atom is -0.497 e. The topological polar surface area (TPSA) is 85.4 Å². The molecule has 8 nitrogen and oxygen atoms in total. The van der Waals surface area contributed by atoms with E-state index in [0.29, 0.717) is 17.7 Å². The first-order valence-electron chi connectivity index (χ1n) is 12.0. The molecule has 0 aromatic heterocycles. The van der Waals surface area contributed by atoms with Crippen molar-refractivity contribution in [3.8, 4) is 5.75 Å². The number of hydrogen-bond acceptors (Lipinski definition) is 8. The van der Waals surface area contributed by atoms with Crippen LogP contribution in [0.4, 0.5) is 0 Å². The monoisotopic (exact) mass is 508 g/mol. The number of rotatable bonds is 7. The van der Waals surface area contributed by atoms with Gasteiger partial charge in [-0.2, -0.15) is 0 Å². The zero-order chi connectivity index (χ0) is 25.1. The first-order chi connectivity index (χ1) is 17.5. The molecule has 0 aliphatic carbocycles. The van der Waals surface area contributed by atoms with Crippen LogP contribution in [0.2, 0.25) is 0 Å². The lowest BCUT2D eigenvalue weighted by Crippen LogP contribution is -2.52. The number of likely N-dealkylation sites (tertiary alicyclic amines) is 1. The second-order valence-corrected chi connectivity index (χ2v) is 10.2. The summed E-state index contributed by atoms with van der Waals surface area (Å²) in [5.41, 5.74) is 0.763. The zero-order valence-corrected chi connectivity index (χ0v) is 20.9. The van der Waals surface area contributed by atoms with Gasteiger partial charge < -0.3 is 19.1 Å². The molecule has 36 heavy (non-hydrogen) atoms. The van der Waals surface area contributed by atoms with Crippen LogP contribution >= 0.6 is 11.8 Å². The fourth-order valence-electron chi connectivity index (χ4n) is 4.92. The molecule has 3 aliphatic heterocycles. The molecule has 0 unspecified atom stereocenters. The van der Waals surface area contributed by atoms with Crippen molar-refractivity contribution in [2.24, 2.45) is 5.92 Å². The highest BCUT2D eigenvalue weighted by Gasteiger charge is 2.57. The molecule has 1 fully saturated rings. The summed E-state index contributed by atoms with van der Waals surface area (Å²) in [6.07, 6.45) is 3.84. The smallest absolute Gasteiger partial charge is 0.375 e. The van der Waals surface area contributed by atoms with E-state index in [1.165, 1.54) is 9.80 Å². The number of ether oxygens (including phenoxy) is 3. The molecular formula is C27H28N2O6S. The van der Waals surface area contributed by atoms with Crippen molar-refractivity contribution in [2.45, 2.75) is 23.6 Å². The van der Waals surface area contributed by atoms with Gasteiger partial charge in [0, 0.05) is 35.9 Å². The van der Waals surface area contributed by atoms with Crippen LogP contribution in [0.1, 0.15) is 28.8 Å². The Bertz CT molecular complexity index is 1170. The minimum absolute atomic E-state index is 0.191. The molecule has 0 saturated carbocycles. The van der Waals surface area contributed by atoms with Crippen LogP contribution in [-0.4, -0.2) is 66.7 Å². The summed E-state index contributed by atoms with van der Waals surface area (Å²) in [7, 11) is 1.67. The fraction of sp³-hybridized carbons (Fsp3) is 0.370. The van der Waals surface area contributed by atoms with Crippen molar-refractivity contribution in [1.29, 1.82) is 0 Å². The maximum Gasteiger partial charge on any atom is 0.375 e. The van der Waals surface area contributed by atoms with Crippen LogP contribution in [0.3, 0.4) is 0 Å². The predicted octanol–water partition coefficient (Wildman–Crippen LogP) is 3.42. The fourth-order valence-corrected chi connectivity index (χ4v) is 5.88. The van der Waals surface area contributed by atoms with Crippen molar-refractivity contribution >= 4 is 29.6 Å². The van der Waals surface area contributed by atoms with Gasteiger partial charge >= 0.3 is 17.8 Å². The first kappa shape index (κ1) is 24.4. The number of benzene rings is 2. The number of thioether (sulfide) groups is 1. The predicted molar refractivity (Wildman–Crippen MR) is 133 cm³/mol. The normalized spacial score (nSPS) is 19.7. The lowest BCUT2D eigenvalue weighted by molar-refractivity contribution is -0.275. The summed E-state index contributed by atoms with van der Waals surface area (Å²) >= 11 is 1.80. The van der Waals surface area contributed by atoms with Crippen LogP contribution in [-0.2, 0) is 25.0 Å². The highest BCUT2D eigenvalue weighted by Crippen LogP contribution is 2.43. The number of methoxy groups -OCH3 is 1. The van der Waals surface area contributed by atoms with E-state index in [9.17, 15) is 14.4 Å². The van der Waals surface area contributed by atoms with Crippen LogP contribution in [0.25, 0.3) is 0 Å². The SMILES string of the molecule is COc1cccc(SCCN2CCC(CN3C(=O)c4ccccc4C34OC(=O)C=CC(=O)O4)CC2)c1. The number of carbonyl (C=O) groups excluding carboxylic acids is 3. The Labute approximate surface area is 214 Å². The van der Waals surface area contributed by atoms with Gasteiger partial charge in [0.05, 0.1) is 18.2 Å². The van der Waals surface area contributed by atoms with E-state index in [1.54, 1.807) is 43.1 Å². The number of piperidine rings is 1. The molecular weight excluding hydrogens is 480 g/mol. The molecule has 0 bridgehead atoms. The Morgan fingerprint density at radius 3 is 2.44 bits per heavy atom. The molecule has 2 aromatic carbocycles. The van der Waals surface area contributed by atoms with E-state index in [0.717, 1.165) is 56.1 Å². The molecule has 0 atom stereocenters. The summed E-state index contributed by atoms with van der Waals surface area (Å²) in [5, 5.41) is 0. The Balaban J connectivity index is 1.21. The summed E-state index contributed by atoms with van der Waals surface area (Å²) in [5.74, 6) is -1.59. The van der Waals surface area contributed by atoms with E-state index in [2.05, 4.69) is 11.0 Å². The van der Waals surface area contributed by atoms with Crippen molar-refractivity contribution in [3.05, 3.63) is 71.8 Å². The molecule has 9 heteroatoms. The molecule has 188 valence electrons. The van der Waals surface area contributed by atoms with Crippen LogP contribution in [0.15, 0.2) is 65.6 Å². The van der Waals surface area contributed by atoms with E-state index in [4.69, 9.17) is 14.2 Å². The second-order valence-electron chi connectivity index (χ2n) is 9.03. The summed E-state index contributed by atoms with van der Waals surface area (Å²) in [4.78, 5) is 43.0. The Morgan fingerprint density at radius 1 is 1.00 bits per heavy atom. The van der Waals surface area contributed by atoms with Gasteiger partial charge in [-0.15, -0.1) is 11.8 Å². The van der Waals surface area contributed by atoms with E-state index in [-0.39, 0.29) is 11.8 Å². The third-order valence-corrected chi connectivity index (χ3v) is 7.77. The largest absolute Gasteiger partial charge is 0.497 e. The van der Waals surface area contributed by atoms with Gasteiger partial charge in [0.2, 0.25) is 0 Å². The number of amides is 1. The average Bonchev–Trinajstić information content (AvgIpc) is 3.00. The highest BCUT2D eigenvalue weighted by molar-refractivity contribution is 7.99. The van der Waals surface area contributed by atoms with Crippen LogP contribution in [0.5, 0.6) is 5.75 Å². The quantitative estimate of drug-likeness (QED) is 0.416. The lowest BCUT2D eigenvalue weighted by Gasteiger charge is -2.39. The molecule has 3 heterocycles. The van der Waals surface area contributed by atoms with Crippen molar-refractivity contribution in [2.75, 3.05) is 39.0 Å². The Kier molecular flexibility index (Phi) is 7.02. The molecule has 1 spiro atoms. The van der Waals surface area contributed by atoms with Crippen LogP contribution < -0.4 is 4.74 Å². The molecule has 1 amide bonds. The van der Waals surface area contributed by atoms with Crippen molar-refractivity contribution in [1.82, 2.24) is 9.80 Å².